The third kappa shape index (κ3) is 5.97. The lowest BCUT2D eigenvalue weighted by Crippen LogP contribution is -1.94. The molecule has 0 spiro atoms. The maximum Gasteiger partial charge on any atom is 0.0541 e. The lowest BCUT2D eigenvalue weighted by molar-refractivity contribution is 1.18. The van der Waals surface area contributed by atoms with Crippen LogP contribution in [0.25, 0.3) is 116 Å². The molecule has 10 aromatic carbocycles. The standard InChI is InChI=1S/C62H43N3/c1-40-33-41(2)35-47(34-40)42-21-27-50(28-22-42)65-61-31-25-45(43-23-29-59-53(36-43)51-17-9-11-19-57(51)63(59)48-13-5-3-6-14-48)38-55(61)56-39-46(26-32-62(56)65)44-24-30-60-54(37-44)52-18-10-12-20-58(52)64(60)49-15-7-4-8-16-49/h3-39H,1-2H3. The van der Waals surface area contributed by atoms with Crippen molar-refractivity contribution in [1.29, 1.82) is 0 Å². The second-order valence-electron chi connectivity index (χ2n) is 17.6. The topological polar surface area (TPSA) is 14.8 Å². The van der Waals surface area contributed by atoms with Gasteiger partial charge in [-0.2, -0.15) is 0 Å². The molecule has 0 amide bonds. The zero-order valence-corrected chi connectivity index (χ0v) is 36.2. The molecular weight excluding hydrogens is 787 g/mol. The maximum atomic E-state index is 2.44. The van der Waals surface area contributed by atoms with Crippen molar-refractivity contribution in [2.75, 3.05) is 0 Å². The molecule has 3 heteroatoms. The molecule has 3 aromatic heterocycles. The van der Waals surface area contributed by atoms with E-state index in [-0.39, 0.29) is 0 Å². The van der Waals surface area contributed by atoms with Crippen LogP contribution in [0, 0.1) is 13.8 Å². The van der Waals surface area contributed by atoms with Gasteiger partial charge in [-0.1, -0.05) is 139 Å². The molecule has 3 heterocycles. The van der Waals surface area contributed by atoms with E-state index < -0.39 is 0 Å². The number of fused-ring (bicyclic) bond motifs is 9. The predicted octanol–water partition coefficient (Wildman–Crippen LogP) is 16.6. The summed E-state index contributed by atoms with van der Waals surface area (Å²) in [6.07, 6.45) is 0. The molecule has 3 nitrogen and oxygen atoms in total. The molecule has 306 valence electrons. The molecule has 0 N–H and O–H groups in total. The normalized spacial score (nSPS) is 11.8. The van der Waals surface area contributed by atoms with E-state index in [1.807, 2.05) is 0 Å². The van der Waals surface area contributed by atoms with Gasteiger partial charge in [0.15, 0.2) is 0 Å². The minimum atomic E-state index is 1.14. The van der Waals surface area contributed by atoms with Crippen LogP contribution in [0.5, 0.6) is 0 Å². The van der Waals surface area contributed by atoms with Gasteiger partial charge in [0, 0.05) is 49.4 Å². The zero-order chi connectivity index (χ0) is 43.2. The summed E-state index contributed by atoms with van der Waals surface area (Å²) in [7, 11) is 0. The summed E-state index contributed by atoms with van der Waals surface area (Å²) >= 11 is 0. The molecule has 0 unspecified atom stereocenters. The van der Waals surface area contributed by atoms with Gasteiger partial charge in [-0.25, -0.2) is 0 Å². The highest BCUT2D eigenvalue weighted by molar-refractivity contribution is 6.14. The van der Waals surface area contributed by atoms with E-state index in [9.17, 15) is 0 Å². The van der Waals surface area contributed by atoms with Crippen molar-refractivity contribution in [1.82, 2.24) is 13.7 Å². The third-order valence-electron chi connectivity index (χ3n) is 13.5. The summed E-state index contributed by atoms with van der Waals surface area (Å²) in [6, 6.07) is 82.8. The van der Waals surface area contributed by atoms with Gasteiger partial charge in [0.25, 0.3) is 0 Å². The number of benzene rings is 10. The Balaban J connectivity index is 0.997. The Morgan fingerprint density at radius 3 is 0.923 bits per heavy atom. The largest absolute Gasteiger partial charge is 0.309 e. The smallest absolute Gasteiger partial charge is 0.0541 e. The molecule has 0 bridgehead atoms. The van der Waals surface area contributed by atoms with Gasteiger partial charge in [-0.05, 0) is 144 Å². The highest BCUT2D eigenvalue weighted by Gasteiger charge is 2.19. The molecule has 0 aliphatic carbocycles. The number of aryl methyl sites for hydroxylation is 2. The summed E-state index contributed by atoms with van der Waals surface area (Å²) < 4.78 is 7.21. The summed E-state index contributed by atoms with van der Waals surface area (Å²) in [6.45, 7) is 4.35. The number of nitrogens with zero attached hydrogens (tertiary/aromatic N) is 3. The van der Waals surface area contributed by atoms with Crippen LogP contribution in [-0.2, 0) is 0 Å². The Morgan fingerprint density at radius 2 is 0.523 bits per heavy atom. The molecule has 0 atom stereocenters. The van der Waals surface area contributed by atoms with Gasteiger partial charge < -0.3 is 13.7 Å². The molecule has 0 fully saturated rings. The number of hydrogen-bond acceptors (Lipinski definition) is 0. The summed E-state index contributed by atoms with van der Waals surface area (Å²) in [4.78, 5) is 0. The molecule has 0 radical (unpaired) electrons. The fourth-order valence-corrected chi connectivity index (χ4v) is 10.6. The number of hydrogen-bond donors (Lipinski definition) is 0. The van der Waals surface area contributed by atoms with Crippen molar-refractivity contribution in [3.05, 3.63) is 236 Å². The van der Waals surface area contributed by atoms with Crippen molar-refractivity contribution in [3.8, 4) is 50.4 Å². The molecule has 65 heavy (non-hydrogen) atoms. The Morgan fingerprint density at radius 1 is 0.215 bits per heavy atom. The molecule has 13 rings (SSSR count). The Hall–Kier alpha value is -8.40. The first-order valence-electron chi connectivity index (χ1n) is 22.5. The van der Waals surface area contributed by atoms with Crippen molar-refractivity contribution in [2.24, 2.45) is 0 Å². The zero-order valence-electron chi connectivity index (χ0n) is 36.2. The first-order chi connectivity index (χ1) is 32.0. The van der Waals surface area contributed by atoms with Gasteiger partial charge in [0.05, 0.1) is 33.1 Å². The van der Waals surface area contributed by atoms with Gasteiger partial charge in [-0.15, -0.1) is 0 Å². The van der Waals surface area contributed by atoms with E-state index >= 15 is 0 Å². The first-order valence-corrected chi connectivity index (χ1v) is 22.5. The average molecular weight is 830 g/mol. The third-order valence-corrected chi connectivity index (χ3v) is 13.5. The monoisotopic (exact) mass is 829 g/mol. The van der Waals surface area contributed by atoms with Crippen LogP contribution in [-0.4, -0.2) is 13.7 Å². The molecule has 13 aromatic rings. The predicted molar refractivity (Wildman–Crippen MR) is 275 cm³/mol. The summed E-state index contributed by atoms with van der Waals surface area (Å²) in [5.41, 5.74) is 20.5. The number of rotatable bonds is 6. The number of para-hydroxylation sites is 4. The van der Waals surface area contributed by atoms with Crippen LogP contribution in [0.1, 0.15) is 11.1 Å². The van der Waals surface area contributed by atoms with Crippen LogP contribution < -0.4 is 0 Å². The van der Waals surface area contributed by atoms with E-state index in [2.05, 4.69) is 252 Å². The Bertz CT molecular complexity index is 3760. The minimum absolute atomic E-state index is 1.14. The molecule has 0 saturated carbocycles. The maximum absolute atomic E-state index is 2.44. The number of aromatic nitrogens is 3. The quantitative estimate of drug-likeness (QED) is 0.159. The minimum Gasteiger partial charge on any atom is -0.309 e. The van der Waals surface area contributed by atoms with E-state index in [4.69, 9.17) is 0 Å². The Labute approximate surface area is 377 Å². The van der Waals surface area contributed by atoms with Crippen LogP contribution in [0.3, 0.4) is 0 Å². The summed E-state index contributed by atoms with van der Waals surface area (Å²) in [5.74, 6) is 0. The van der Waals surface area contributed by atoms with Crippen LogP contribution in [0.2, 0.25) is 0 Å². The lowest BCUT2D eigenvalue weighted by Gasteiger charge is -2.11. The van der Waals surface area contributed by atoms with Crippen molar-refractivity contribution in [2.45, 2.75) is 13.8 Å². The van der Waals surface area contributed by atoms with E-state index in [1.54, 1.807) is 0 Å². The second-order valence-corrected chi connectivity index (χ2v) is 17.6. The van der Waals surface area contributed by atoms with E-state index in [0.717, 1.165) is 5.69 Å². The highest BCUT2D eigenvalue weighted by Crippen LogP contribution is 2.41. The molecule has 0 aliphatic rings. The van der Waals surface area contributed by atoms with Crippen LogP contribution in [0.4, 0.5) is 0 Å². The van der Waals surface area contributed by atoms with Gasteiger partial charge in [0.1, 0.15) is 0 Å². The molecule has 0 saturated heterocycles. The summed E-state index contributed by atoms with van der Waals surface area (Å²) in [5, 5.41) is 7.46. The molecule has 0 aliphatic heterocycles. The van der Waals surface area contributed by atoms with Gasteiger partial charge in [0.2, 0.25) is 0 Å². The van der Waals surface area contributed by atoms with Crippen molar-refractivity contribution < 1.29 is 0 Å². The lowest BCUT2D eigenvalue weighted by atomic mass is 9.98. The highest BCUT2D eigenvalue weighted by atomic mass is 15.0. The van der Waals surface area contributed by atoms with Crippen LogP contribution in [0.15, 0.2) is 224 Å². The molecular formula is C62H43N3. The SMILES string of the molecule is Cc1cc(C)cc(-c2ccc(-n3c4ccc(-c5ccc6c(c5)c5ccccc5n6-c5ccccc5)cc4c4cc(-c5ccc6c(c5)c5ccccc5n6-c5ccccc5)ccc43)cc2)c1. The van der Waals surface area contributed by atoms with Crippen molar-refractivity contribution in [3.63, 3.8) is 0 Å². The fourth-order valence-electron chi connectivity index (χ4n) is 10.6. The van der Waals surface area contributed by atoms with Crippen molar-refractivity contribution >= 4 is 65.4 Å². The van der Waals surface area contributed by atoms with Crippen LogP contribution >= 0.6 is 0 Å². The fraction of sp³-hybridized carbons (Fsp3) is 0.0323. The Kier molecular flexibility index (Phi) is 8.34. The first kappa shape index (κ1) is 37.2. The second kappa shape index (κ2) is 14.6. The van der Waals surface area contributed by atoms with Gasteiger partial charge in [-0.3, -0.25) is 0 Å². The van der Waals surface area contributed by atoms with Gasteiger partial charge >= 0.3 is 0 Å². The van der Waals surface area contributed by atoms with E-state index in [0.29, 0.717) is 0 Å². The average Bonchev–Trinajstić information content (AvgIpc) is 3.99. The van der Waals surface area contributed by atoms with E-state index in [1.165, 1.54) is 121 Å².